The number of nitrogens with zero attached hydrogens (tertiary/aromatic N) is 3. The lowest BCUT2D eigenvalue weighted by molar-refractivity contribution is -0.438. The Morgan fingerprint density at radius 2 is 1.21 bits per heavy atom. The first kappa shape index (κ1) is 51.9. The fourth-order valence-corrected chi connectivity index (χ4v) is 12.4. The van der Waals surface area contributed by atoms with Crippen molar-refractivity contribution < 1.29 is 70.8 Å². The van der Waals surface area contributed by atoms with Gasteiger partial charge in [-0.1, -0.05) is 38.1 Å². The van der Waals surface area contributed by atoms with E-state index >= 15 is 0 Å². The highest BCUT2D eigenvalue weighted by molar-refractivity contribution is 7.87. The van der Waals surface area contributed by atoms with Crippen molar-refractivity contribution in [3.05, 3.63) is 108 Å². The topological polar surface area (TPSA) is 290 Å². The first-order chi connectivity index (χ1) is 32.5. The summed E-state index contributed by atoms with van der Waals surface area (Å²) in [6.07, 6.45) is 13.1. The van der Waals surface area contributed by atoms with Crippen molar-refractivity contribution in [2.24, 2.45) is 0 Å². The number of carbonyl (C=O) groups is 3. The van der Waals surface area contributed by atoms with Crippen molar-refractivity contribution in [3.8, 4) is 0 Å². The van der Waals surface area contributed by atoms with Crippen LogP contribution in [-0.4, -0.2) is 111 Å². The highest BCUT2D eigenvalue weighted by Crippen LogP contribution is 2.52. The number of hydrogen-bond donors (Lipinski definition) is 5. The van der Waals surface area contributed by atoms with E-state index in [1.807, 2.05) is 56.2 Å². The summed E-state index contributed by atoms with van der Waals surface area (Å²) in [7, 11) is -19.8. The highest BCUT2D eigenvalue weighted by atomic mass is 32.2. The number of unbranched alkanes of at least 4 members (excludes halogenated alkanes) is 2. The number of hydrogen-bond acceptors (Lipinski definition) is 12. The fraction of sp³-hybridized carbons (Fsp3) is 0.319. The SMILES string of the molecule is CCN1C(=C/C=C/C=C/C2=[N+](CCCCCC(=O)NCCN3C(=O)C=CC3=O)c3ccc4c(S(=O)(=O)O)cc(S(=O)(=O)O)cc4c3C2(C)C)C(C)(C)c2c1ccc1c(S(=O)(=O)O)cc(S(=O)(=O)O)cc21. The third kappa shape index (κ3) is 9.88. The predicted octanol–water partition coefficient (Wildman–Crippen LogP) is 5.77. The number of carbonyl (C=O) groups excluding carboxylic acids is 3. The van der Waals surface area contributed by atoms with Crippen LogP contribution in [0, 0.1) is 0 Å². The minimum atomic E-state index is -4.99. The Bertz CT molecular complexity index is 3540. The zero-order valence-electron chi connectivity index (χ0n) is 38.6. The van der Waals surface area contributed by atoms with Crippen LogP contribution < -0.4 is 10.2 Å². The van der Waals surface area contributed by atoms with Crippen molar-refractivity contribution in [3.63, 3.8) is 0 Å². The molecule has 372 valence electrons. The fourth-order valence-electron chi connectivity index (χ4n) is 9.72. The molecule has 0 fully saturated rings. The van der Waals surface area contributed by atoms with E-state index in [0.29, 0.717) is 72.7 Å². The van der Waals surface area contributed by atoms with Crippen LogP contribution in [0.25, 0.3) is 21.5 Å². The second-order valence-corrected chi connectivity index (χ2v) is 23.6. The average Bonchev–Trinajstić information content (AvgIpc) is 3.78. The maximum atomic E-state index is 12.6. The minimum absolute atomic E-state index is 0.0241. The molecule has 0 radical (unpaired) electrons. The highest BCUT2D eigenvalue weighted by Gasteiger charge is 2.46. The molecule has 19 nitrogen and oxygen atoms in total. The number of rotatable bonds is 17. The van der Waals surface area contributed by atoms with E-state index in [4.69, 9.17) is 0 Å². The molecule has 3 aliphatic rings. The van der Waals surface area contributed by atoms with Gasteiger partial charge in [-0.25, -0.2) is 0 Å². The molecule has 0 unspecified atom stereocenters. The van der Waals surface area contributed by atoms with Crippen molar-refractivity contribution >= 4 is 96.8 Å². The molecule has 0 atom stereocenters. The summed E-state index contributed by atoms with van der Waals surface area (Å²) in [5.41, 5.74) is 1.92. The number of fused-ring (bicyclic) bond motifs is 6. The van der Waals surface area contributed by atoms with Gasteiger partial charge in [-0.2, -0.15) is 38.2 Å². The lowest BCUT2D eigenvalue weighted by atomic mass is 9.79. The van der Waals surface area contributed by atoms with E-state index in [1.165, 1.54) is 36.4 Å². The van der Waals surface area contributed by atoms with Crippen molar-refractivity contribution in [1.82, 2.24) is 10.2 Å². The van der Waals surface area contributed by atoms with Gasteiger partial charge in [-0.05, 0) is 92.4 Å². The summed E-state index contributed by atoms with van der Waals surface area (Å²) in [4.78, 5) is 36.4. The van der Waals surface area contributed by atoms with Crippen LogP contribution >= 0.6 is 0 Å². The predicted molar refractivity (Wildman–Crippen MR) is 260 cm³/mol. The molecule has 0 saturated carbocycles. The number of amides is 3. The molecule has 3 heterocycles. The molecule has 3 aliphatic heterocycles. The Labute approximate surface area is 405 Å². The zero-order valence-corrected chi connectivity index (χ0v) is 41.8. The number of anilines is 1. The van der Waals surface area contributed by atoms with Gasteiger partial charge in [0.15, 0.2) is 5.71 Å². The summed E-state index contributed by atoms with van der Waals surface area (Å²) >= 11 is 0. The normalized spacial score (nSPS) is 17.6. The van der Waals surface area contributed by atoms with E-state index < -0.39 is 82.7 Å². The van der Waals surface area contributed by atoms with Crippen LogP contribution in [0.15, 0.2) is 116 Å². The Morgan fingerprint density at radius 3 is 1.76 bits per heavy atom. The molecule has 4 aromatic rings. The molecule has 0 aliphatic carbocycles. The van der Waals surface area contributed by atoms with E-state index in [9.17, 15) is 66.3 Å². The summed E-state index contributed by atoms with van der Waals surface area (Å²) in [6.45, 7) is 10.3. The quantitative estimate of drug-likeness (QED) is 0.0276. The summed E-state index contributed by atoms with van der Waals surface area (Å²) < 4.78 is 142. The van der Waals surface area contributed by atoms with Crippen molar-refractivity contribution in [2.75, 3.05) is 31.1 Å². The lowest BCUT2D eigenvalue weighted by Gasteiger charge is -2.26. The lowest BCUT2D eigenvalue weighted by Crippen LogP contribution is -2.38. The van der Waals surface area contributed by atoms with Gasteiger partial charge in [0.05, 0.1) is 15.2 Å². The maximum Gasteiger partial charge on any atom is 0.295 e. The summed E-state index contributed by atoms with van der Waals surface area (Å²) in [5, 5.41) is 3.16. The Hall–Kier alpha value is -5.92. The van der Waals surface area contributed by atoms with Crippen LogP contribution in [0.2, 0.25) is 0 Å². The number of likely N-dealkylation sites (N-methyl/N-ethyl adjacent to an activating group) is 1. The van der Waals surface area contributed by atoms with E-state index in [0.717, 1.165) is 10.6 Å². The van der Waals surface area contributed by atoms with Crippen LogP contribution in [-0.2, 0) is 65.7 Å². The van der Waals surface area contributed by atoms with E-state index in [-0.39, 0.29) is 47.0 Å². The van der Waals surface area contributed by atoms with Crippen LogP contribution in [0.3, 0.4) is 0 Å². The molecule has 3 amide bonds. The van der Waals surface area contributed by atoms with Gasteiger partial charge in [0.25, 0.3) is 52.3 Å². The molecular formula is C47H51N4O15S4+. The summed E-state index contributed by atoms with van der Waals surface area (Å²) in [5.74, 6) is -1.15. The molecular weight excluding hydrogens is 989 g/mol. The Morgan fingerprint density at radius 1 is 0.657 bits per heavy atom. The largest absolute Gasteiger partial charge is 0.354 e. The van der Waals surface area contributed by atoms with Gasteiger partial charge in [0, 0.05) is 89.9 Å². The van der Waals surface area contributed by atoms with E-state index in [2.05, 4.69) is 5.32 Å². The Kier molecular flexibility index (Phi) is 13.9. The first-order valence-electron chi connectivity index (χ1n) is 21.9. The van der Waals surface area contributed by atoms with Crippen LogP contribution in [0.1, 0.15) is 71.4 Å². The molecule has 0 bridgehead atoms. The van der Waals surface area contributed by atoms with E-state index in [1.54, 1.807) is 30.4 Å². The molecule has 70 heavy (non-hydrogen) atoms. The van der Waals surface area contributed by atoms with Gasteiger partial charge in [0.1, 0.15) is 16.3 Å². The maximum absolute atomic E-state index is 12.6. The number of nitrogens with one attached hydrogen (secondary N) is 1. The Balaban J connectivity index is 1.21. The second-order valence-electron chi connectivity index (χ2n) is 18.0. The zero-order chi connectivity index (χ0) is 51.5. The molecule has 4 aromatic carbocycles. The van der Waals surface area contributed by atoms with Gasteiger partial charge in [-0.15, -0.1) is 0 Å². The number of imide groups is 1. The van der Waals surface area contributed by atoms with Crippen molar-refractivity contribution in [2.45, 2.75) is 90.7 Å². The van der Waals surface area contributed by atoms with Gasteiger partial charge < -0.3 is 10.2 Å². The van der Waals surface area contributed by atoms with Crippen LogP contribution in [0.4, 0.5) is 11.4 Å². The number of allylic oxidation sites excluding steroid dienone is 6. The molecule has 0 saturated heterocycles. The smallest absolute Gasteiger partial charge is 0.295 e. The first-order valence-corrected chi connectivity index (χ1v) is 27.7. The van der Waals surface area contributed by atoms with Gasteiger partial charge in [0.2, 0.25) is 11.6 Å². The summed E-state index contributed by atoms with van der Waals surface area (Å²) in [6, 6.07) is 10.0. The average molecular weight is 1040 g/mol. The monoisotopic (exact) mass is 1040 g/mol. The third-order valence-corrected chi connectivity index (χ3v) is 16.3. The van der Waals surface area contributed by atoms with Crippen LogP contribution in [0.5, 0.6) is 0 Å². The molecule has 7 rings (SSSR count). The molecule has 0 spiro atoms. The second kappa shape index (κ2) is 18.7. The molecule has 5 N–H and O–H groups in total. The number of benzene rings is 4. The molecule has 23 heteroatoms. The molecule has 0 aromatic heterocycles. The van der Waals surface area contributed by atoms with Crippen molar-refractivity contribution in [1.29, 1.82) is 0 Å². The minimum Gasteiger partial charge on any atom is -0.354 e. The van der Waals surface area contributed by atoms with Gasteiger partial charge in [-0.3, -0.25) is 37.5 Å². The standard InChI is InChI=1S/C47H50N4O15S4/c1-6-49-35-18-16-31-33(25-29(67(55,56)57)27-37(31)69(61,62)63)44(35)46(2,3)39(49)13-9-7-10-14-40-47(4,5)45-34-26-30(68(58,59)60)28-38(70(64,65)66)32(34)17-19-36(45)50(40)23-12-8-11-15-41(52)48-22-24-51-42(53)20-21-43(51)54/h7,9-10,13-14,16-21,25-28H,6,8,11-12,15,22-24H2,1-5H3,(H4-,48,52,55,56,57,58,59,60,61,62,63,64,65,66)/p+1. The third-order valence-electron chi connectivity index (χ3n) is 12.8. The van der Waals surface area contributed by atoms with Gasteiger partial charge >= 0.3 is 0 Å².